The Labute approximate surface area is 97.3 Å². The molecule has 0 fully saturated rings. The maximum absolute atomic E-state index is 9.38. The average molecular weight is 278 g/mol. The minimum absolute atomic E-state index is 0.145. The molecule has 1 aromatic rings. The number of aliphatic hydroxyl groups is 1. The second-order valence-corrected chi connectivity index (χ2v) is 5.44. The summed E-state index contributed by atoms with van der Waals surface area (Å²) in [5.41, 5.74) is 5.58. The number of hydrogen-bond acceptors (Lipinski definition) is 3. The smallest absolute Gasteiger partial charge is 0.0502 e. The highest BCUT2D eigenvalue weighted by molar-refractivity contribution is 9.10. The molecule has 0 aliphatic carbocycles. The van der Waals surface area contributed by atoms with Crippen LogP contribution in [0.25, 0.3) is 0 Å². The summed E-state index contributed by atoms with van der Waals surface area (Å²) in [5.74, 6) is 0. The van der Waals surface area contributed by atoms with Crippen LogP contribution in [-0.4, -0.2) is 18.3 Å². The lowest BCUT2D eigenvalue weighted by molar-refractivity contribution is 0.128. The van der Waals surface area contributed by atoms with Crippen LogP contribution in [0.1, 0.15) is 18.2 Å². The van der Waals surface area contributed by atoms with Crippen molar-refractivity contribution in [1.29, 1.82) is 0 Å². The van der Waals surface area contributed by atoms with E-state index in [9.17, 15) is 5.11 Å². The fraction of sp³-hybridized carbons (Fsp3) is 0.600. The largest absolute Gasteiger partial charge is 0.396 e. The third-order valence-electron chi connectivity index (χ3n) is 2.75. The maximum Gasteiger partial charge on any atom is 0.0502 e. The van der Waals surface area contributed by atoms with E-state index >= 15 is 0 Å². The number of hydrogen-bond donors (Lipinski definition) is 2. The van der Waals surface area contributed by atoms with Gasteiger partial charge in [0.1, 0.15) is 0 Å². The topological polar surface area (TPSA) is 46.2 Å². The lowest BCUT2D eigenvalue weighted by atomic mass is 9.82. The summed E-state index contributed by atoms with van der Waals surface area (Å²) in [5, 5.41) is 11.4. The number of halogens is 1. The first-order chi connectivity index (χ1) is 6.67. The van der Waals surface area contributed by atoms with E-state index in [0.29, 0.717) is 6.54 Å². The van der Waals surface area contributed by atoms with Crippen LogP contribution in [0.15, 0.2) is 15.9 Å². The number of nitrogens with two attached hydrogens (primary N) is 1. The fourth-order valence-corrected chi connectivity index (χ4v) is 3.03. The quantitative estimate of drug-likeness (QED) is 0.868. The van der Waals surface area contributed by atoms with E-state index in [2.05, 4.69) is 22.9 Å². The van der Waals surface area contributed by atoms with Crippen molar-refractivity contribution in [2.45, 2.75) is 19.8 Å². The Morgan fingerprint density at radius 2 is 2.36 bits per heavy atom. The van der Waals surface area contributed by atoms with Crippen LogP contribution < -0.4 is 5.73 Å². The van der Waals surface area contributed by atoms with Crippen molar-refractivity contribution >= 4 is 27.3 Å². The Bertz CT molecular complexity index is 275. The Morgan fingerprint density at radius 3 is 2.71 bits per heavy atom. The monoisotopic (exact) mass is 277 g/mol. The summed E-state index contributed by atoms with van der Waals surface area (Å²) in [6.45, 7) is 2.76. The molecule has 0 spiro atoms. The van der Waals surface area contributed by atoms with Crippen molar-refractivity contribution < 1.29 is 5.11 Å². The van der Waals surface area contributed by atoms with Crippen molar-refractivity contribution in [3.63, 3.8) is 0 Å². The van der Waals surface area contributed by atoms with E-state index in [-0.39, 0.29) is 12.0 Å². The molecule has 0 aliphatic rings. The van der Waals surface area contributed by atoms with Gasteiger partial charge >= 0.3 is 0 Å². The number of thiophene rings is 1. The zero-order valence-corrected chi connectivity index (χ0v) is 10.7. The van der Waals surface area contributed by atoms with Crippen LogP contribution in [0, 0.1) is 5.41 Å². The summed E-state index contributed by atoms with van der Waals surface area (Å²) >= 11 is 5.20. The highest BCUT2D eigenvalue weighted by Crippen LogP contribution is 2.32. The summed E-state index contributed by atoms with van der Waals surface area (Å²) in [7, 11) is 0. The standard InChI is InChI=1S/C10H16BrNOS/c1-2-10(6-12,7-13)5-9-8(11)3-4-14-9/h3-4,13H,2,5-7,12H2,1H3. The predicted octanol–water partition coefficient (Wildman–Crippen LogP) is 2.40. The van der Waals surface area contributed by atoms with Crippen LogP contribution in [0.5, 0.6) is 0 Å². The molecule has 14 heavy (non-hydrogen) atoms. The second kappa shape index (κ2) is 5.26. The molecule has 0 saturated heterocycles. The second-order valence-electron chi connectivity index (χ2n) is 3.58. The third kappa shape index (κ3) is 2.57. The molecule has 3 N–H and O–H groups in total. The van der Waals surface area contributed by atoms with Crippen LogP contribution in [0.3, 0.4) is 0 Å². The van der Waals surface area contributed by atoms with Gasteiger partial charge < -0.3 is 10.8 Å². The van der Waals surface area contributed by atoms with Crippen molar-refractivity contribution in [3.05, 3.63) is 20.8 Å². The Kier molecular flexibility index (Phi) is 4.57. The Morgan fingerprint density at radius 1 is 1.64 bits per heavy atom. The van der Waals surface area contributed by atoms with Gasteiger partial charge in [-0.25, -0.2) is 0 Å². The summed E-state index contributed by atoms with van der Waals surface area (Å²) in [6.07, 6.45) is 1.76. The highest BCUT2D eigenvalue weighted by Gasteiger charge is 2.27. The zero-order valence-electron chi connectivity index (χ0n) is 8.29. The molecule has 0 saturated carbocycles. The molecule has 0 aromatic carbocycles. The normalized spacial score (nSPS) is 15.4. The van der Waals surface area contributed by atoms with Crippen LogP contribution >= 0.6 is 27.3 Å². The van der Waals surface area contributed by atoms with Crippen LogP contribution in [0.2, 0.25) is 0 Å². The average Bonchev–Trinajstić information content (AvgIpc) is 2.61. The maximum atomic E-state index is 9.38. The zero-order chi connectivity index (χ0) is 10.6. The molecule has 1 atom stereocenters. The number of aliphatic hydroxyl groups excluding tert-OH is 1. The first kappa shape index (κ1) is 12.2. The molecular formula is C10H16BrNOS. The molecule has 2 nitrogen and oxygen atoms in total. The highest BCUT2D eigenvalue weighted by atomic mass is 79.9. The molecule has 1 aromatic heterocycles. The van der Waals surface area contributed by atoms with Gasteiger partial charge in [0.05, 0.1) is 6.61 Å². The first-order valence-electron chi connectivity index (χ1n) is 4.70. The molecule has 0 bridgehead atoms. The van der Waals surface area contributed by atoms with E-state index in [0.717, 1.165) is 17.3 Å². The van der Waals surface area contributed by atoms with Gasteiger partial charge in [0.15, 0.2) is 0 Å². The van der Waals surface area contributed by atoms with Gasteiger partial charge in [-0.1, -0.05) is 6.92 Å². The van der Waals surface area contributed by atoms with Gasteiger partial charge in [0.25, 0.3) is 0 Å². The molecule has 0 amide bonds. The third-order valence-corrected chi connectivity index (χ3v) is 4.67. The molecule has 1 unspecified atom stereocenters. The first-order valence-corrected chi connectivity index (χ1v) is 6.37. The summed E-state index contributed by atoms with van der Waals surface area (Å²) in [4.78, 5) is 1.27. The summed E-state index contributed by atoms with van der Waals surface area (Å²) < 4.78 is 1.13. The van der Waals surface area contributed by atoms with Crippen molar-refractivity contribution in [2.24, 2.45) is 11.1 Å². The Hall–Kier alpha value is 0.100. The molecule has 80 valence electrons. The molecule has 0 aliphatic heterocycles. The van der Waals surface area contributed by atoms with Gasteiger partial charge in [-0.15, -0.1) is 11.3 Å². The van der Waals surface area contributed by atoms with Gasteiger partial charge in [-0.05, 0) is 40.2 Å². The Balaban J connectivity index is 2.79. The van der Waals surface area contributed by atoms with Gasteiger partial charge in [0.2, 0.25) is 0 Å². The van der Waals surface area contributed by atoms with Crippen molar-refractivity contribution in [2.75, 3.05) is 13.2 Å². The van der Waals surface area contributed by atoms with E-state index in [1.807, 2.05) is 11.4 Å². The minimum Gasteiger partial charge on any atom is -0.396 e. The van der Waals surface area contributed by atoms with E-state index in [1.165, 1.54) is 4.88 Å². The van der Waals surface area contributed by atoms with Crippen LogP contribution in [-0.2, 0) is 6.42 Å². The number of rotatable bonds is 5. The molecule has 4 heteroatoms. The SMILES string of the molecule is CCC(CN)(CO)Cc1sccc1Br. The van der Waals surface area contributed by atoms with E-state index in [1.54, 1.807) is 11.3 Å². The van der Waals surface area contributed by atoms with Gasteiger partial charge in [-0.3, -0.25) is 0 Å². The molecule has 1 heterocycles. The fourth-order valence-electron chi connectivity index (χ4n) is 1.37. The van der Waals surface area contributed by atoms with Crippen LogP contribution in [0.4, 0.5) is 0 Å². The van der Waals surface area contributed by atoms with E-state index in [4.69, 9.17) is 5.73 Å². The predicted molar refractivity (Wildman–Crippen MR) is 64.6 cm³/mol. The lowest BCUT2D eigenvalue weighted by Gasteiger charge is -2.28. The van der Waals surface area contributed by atoms with Gasteiger partial charge in [-0.2, -0.15) is 0 Å². The van der Waals surface area contributed by atoms with E-state index < -0.39 is 0 Å². The van der Waals surface area contributed by atoms with Crippen molar-refractivity contribution in [1.82, 2.24) is 0 Å². The molecule has 1 rings (SSSR count). The lowest BCUT2D eigenvalue weighted by Crippen LogP contribution is -2.35. The summed E-state index contributed by atoms with van der Waals surface area (Å²) in [6, 6.07) is 2.04. The van der Waals surface area contributed by atoms with Gasteiger partial charge in [0, 0.05) is 21.3 Å². The molecule has 0 radical (unpaired) electrons. The minimum atomic E-state index is -0.145. The molecular weight excluding hydrogens is 262 g/mol. The van der Waals surface area contributed by atoms with Crippen molar-refractivity contribution in [3.8, 4) is 0 Å².